The molecule has 1 aromatic carbocycles. The molecule has 2 rings (SSSR count). The molecule has 0 bridgehead atoms. The second-order valence-corrected chi connectivity index (χ2v) is 4.70. The lowest BCUT2D eigenvalue weighted by atomic mass is 10.2. The van der Waals surface area contributed by atoms with Gasteiger partial charge in [-0.2, -0.15) is 0 Å². The number of halogens is 2. The summed E-state index contributed by atoms with van der Waals surface area (Å²) in [6.07, 6.45) is 1.82. The Morgan fingerprint density at radius 2 is 2.25 bits per heavy atom. The van der Waals surface area contributed by atoms with Crippen LogP contribution in [0.25, 0.3) is 0 Å². The number of nitrogens with zero attached hydrogens (tertiary/aromatic N) is 1. The highest BCUT2D eigenvalue weighted by Crippen LogP contribution is 2.15. The minimum Gasteiger partial charge on any atom is -0.308 e. The Hall–Kier alpha value is -0.970. The zero-order chi connectivity index (χ0) is 11.4. The van der Waals surface area contributed by atoms with Crippen molar-refractivity contribution in [1.29, 1.82) is 0 Å². The van der Waals surface area contributed by atoms with E-state index in [-0.39, 0.29) is 10.8 Å². The molecule has 0 amide bonds. The van der Waals surface area contributed by atoms with Crippen LogP contribution in [0.15, 0.2) is 29.9 Å². The summed E-state index contributed by atoms with van der Waals surface area (Å²) in [6, 6.07) is 4.83. The molecule has 0 atom stereocenters. The minimum atomic E-state index is -0.376. The average molecular weight is 257 g/mol. The van der Waals surface area contributed by atoms with E-state index in [9.17, 15) is 4.39 Å². The fourth-order valence-corrected chi connectivity index (χ4v) is 1.99. The van der Waals surface area contributed by atoms with Crippen LogP contribution in [0.5, 0.6) is 0 Å². The number of nitrogens with one attached hydrogen (secondary N) is 1. The predicted molar refractivity (Wildman–Crippen MR) is 64.1 cm³/mol. The van der Waals surface area contributed by atoms with Crippen molar-refractivity contribution in [3.8, 4) is 0 Å². The molecule has 0 saturated heterocycles. The van der Waals surface area contributed by atoms with Crippen LogP contribution in [0, 0.1) is 5.82 Å². The molecule has 0 aliphatic heterocycles. The van der Waals surface area contributed by atoms with Gasteiger partial charge in [-0.3, -0.25) is 4.98 Å². The molecule has 84 valence electrons. The lowest BCUT2D eigenvalue weighted by molar-refractivity contribution is 0.621. The van der Waals surface area contributed by atoms with Crippen LogP contribution in [0.1, 0.15) is 10.4 Å². The molecule has 0 aliphatic rings. The van der Waals surface area contributed by atoms with E-state index in [1.165, 1.54) is 6.07 Å². The maximum Gasteiger partial charge on any atom is 0.142 e. The van der Waals surface area contributed by atoms with Gasteiger partial charge in [0.15, 0.2) is 0 Å². The first-order chi connectivity index (χ1) is 7.75. The maximum atomic E-state index is 13.1. The highest BCUT2D eigenvalue weighted by atomic mass is 35.5. The van der Waals surface area contributed by atoms with Crippen molar-refractivity contribution in [2.75, 3.05) is 0 Å². The van der Waals surface area contributed by atoms with Gasteiger partial charge in [0.05, 0.1) is 10.5 Å². The van der Waals surface area contributed by atoms with Crippen molar-refractivity contribution < 1.29 is 4.39 Å². The van der Waals surface area contributed by atoms with E-state index in [2.05, 4.69) is 10.3 Å². The summed E-state index contributed by atoms with van der Waals surface area (Å²) in [5.74, 6) is -0.376. The highest BCUT2D eigenvalue weighted by molar-refractivity contribution is 7.09. The van der Waals surface area contributed by atoms with Crippen LogP contribution < -0.4 is 5.32 Å². The molecule has 1 N–H and O–H groups in total. The van der Waals surface area contributed by atoms with Crippen LogP contribution in [0.4, 0.5) is 4.39 Å². The summed E-state index contributed by atoms with van der Waals surface area (Å²) < 4.78 is 13.1. The van der Waals surface area contributed by atoms with E-state index >= 15 is 0 Å². The summed E-state index contributed by atoms with van der Waals surface area (Å²) in [5.41, 5.74) is 2.67. The molecule has 0 fully saturated rings. The third-order valence-electron chi connectivity index (χ3n) is 2.10. The molecule has 0 spiro atoms. The number of hydrogen-bond acceptors (Lipinski definition) is 3. The Kier molecular flexibility index (Phi) is 3.88. The lowest BCUT2D eigenvalue weighted by Gasteiger charge is -2.03. The molecule has 1 heterocycles. The second kappa shape index (κ2) is 5.39. The minimum absolute atomic E-state index is 0.159. The fraction of sp³-hybridized carbons (Fsp3) is 0.182. The van der Waals surface area contributed by atoms with Gasteiger partial charge in [-0.1, -0.05) is 17.7 Å². The van der Waals surface area contributed by atoms with Crippen molar-refractivity contribution in [2.24, 2.45) is 0 Å². The molecule has 2 nitrogen and oxygen atoms in total. The SMILES string of the molecule is Fc1cc(CNCc2cncs2)ccc1Cl. The summed E-state index contributed by atoms with van der Waals surface area (Å²) in [6.45, 7) is 1.36. The van der Waals surface area contributed by atoms with Gasteiger partial charge in [0.1, 0.15) is 5.82 Å². The van der Waals surface area contributed by atoms with E-state index in [0.717, 1.165) is 17.0 Å². The normalized spacial score (nSPS) is 10.6. The van der Waals surface area contributed by atoms with Crippen molar-refractivity contribution >= 4 is 22.9 Å². The van der Waals surface area contributed by atoms with E-state index in [4.69, 9.17) is 11.6 Å². The zero-order valence-corrected chi connectivity index (χ0v) is 9.98. The molecule has 2 aromatic rings. The van der Waals surface area contributed by atoms with E-state index in [1.807, 2.05) is 12.3 Å². The summed E-state index contributed by atoms with van der Waals surface area (Å²) in [7, 11) is 0. The first-order valence-corrected chi connectivity index (χ1v) is 6.03. The zero-order valence-electron chi connectivity index (χ0n) is 8.41. The molecule has 16 heavy (non-hydrogen) atoms. The van der Waals surface area contributed by atoms with Crippen molar-refractivity contribution in [1.82, 2.24) is 10.3 Å². The van der Waals surface area contributed by atoms with Gasteiger partial charge in [-0.25, -0.2) is 4.39 Å². The Labute approximate surface area is 102 Å². The van der Waals surface area contributed by atoms with E-state index in [0.29, 0.717) is 6.54 Å². The quantitative estimate of drug-likeness (QED) is 0.909. The van der Waals surface area contributed by atoms with Gasteiger partial charge in [-0.15, -0.1) is 11.3 Å². The molecular weight excluding hydrogens is 247 g/mol. The Morgan fingerprint density at radius 3 is 2.94 bits per heavy atom. The van der Waals surface area contributed by atoms with Crippen LogP contribution in [-0.2, 0) is 13.1 Å². The third-order valence-corrected chi connectivity index (χ3v) is 3.18. The van der Waals surface area contributed by atoms with Gasteiger partial charge in [0.2, 0.25) is 0 Å². The summed E-state index contributed by atoms with van der Waals surface area (Å²) in [5, 5.41) is 3.37. The van der Waals surface area contributed by atoms with E-state index in [1.54, 1.807) is 22.9 Å². The number of hydrogen-bond donors (Lipinski definition) is 1. The molecular formula is C11H10ClFN2S. The Bertz CT molecular complexity index is 459. The number of thiazole rings is 1. The lowest BCUT2D eigenvalue weighted by Crippen LogP contribution is -2.11. The molecule has 0 radical (unpaired) electrons. The smallest absolute Gasteiger partial charge is 0.142 e. The summed E-state index contributed by atoms with van der Waals surface area (Å²) >= 11 is 7.19. The largest absolute Gasteiger partial charge is 0.308 e. The topological polar surface area (TPSA) is 24.9 Å². The van der Waals surface area contributed by atoms with Gasteiger partial charge >= 0.3 is 0 Å². The van der Waals surface area contributed by atoms with Crippen molar-refractivity contribution in [2.45, 2.75) is 13.1 Å². The van der Waals surface area contributed by atoms with Crippen molar-refractivity contribution in [3.05, 3.63) is 51.2 Å². The summed E-state index contributed by atoms with van der Waals surface area (Å²) in [4.78, 5) is 5.14. The average Bonchev–Trinajstić information content (AvgIpc) is 2.76. The number of aromatic nitrogens is 1. The Morgan fingerprint density at radius 1 is 1.38 bits per heavy atom. The molecule has 0 unspecified atom stereocenters. The van der Waals surface area contributed by atoms with Gasteiger partial charge < -0.3 is 5.32 Å². The maximum absolute atomic E-state index is 13.1. The van der Waals surface area contributed by atoms with Gasteiger partial charge in [0.25, 0.3) is 0 Å². The molecule has 0 aliphatic carbocycles. The van der Waals surface area contributed by atoms with Crippen LogP contribution in [-0.4, -0.2) is 4.98 Å². The Balaban J connectivity index is 1.87. The third kappa shape index (κ3) is 3.01. The van der Waals surface area contributed by atoms with E-state index < -0.39 is 0 Å². The standard InChI is InChI=1S/C11H10ClFN2S/c12-10-2-1-8(3-11(10)13)4-14-5-9-6-15-7-16-9/h1-3,6-7,14H,4-5H2. The predicted octanol–water partition coefficient (Wildman–Crippen LogP) is 3.23. The highest BCUT2D eigenvalue weighted by Gasteiger charge is 2.01. The van der Waals surface area contributed by atoms with Gasteiger partial charge in [0, 0.05) is 24.2 Å². The molecule has 1 aromatic heterocycles. The first-order valence-electron chi connectivity index (χ1n) is 4.78. The fourth-order valence-electron chi connectivity index (χ4n) is 1.31. The number of rotatable bonds is 4. The molecule has 0 saturated carbocycles. The van der Waals surface area contributed by atoms with Crippen LogP contribution >= 0.6 is 22.9 Å². The van der Waals surface area contributed by atoms with Crippen LogP contribution in [0.2, 0.25) is 5.02 Å². The van der Waals surface area contributed by atoms with Crippen molar-refractivity contribution in [3.63, 3.8) is 0 Å². The molecule has 5 heteroatoms. The van der Waals surface area contributed by atoms with Crippen LogP contribution in [0.3, 0.4) is 0 Å². The monoisotopic (exact) mass is 256 g/mol. The van der Waals surface area contributed by atoms with Gasteiger partial charge in [-0.05, 0) is 17.7 Å². The first kappa shape index (κ1) is 11.5. The number of benzene rings is 1. The second-order valence-electron chi connectivity index (χ2n) is 3.32.